The molecular weight excluding hydrogens is 436 g/mol. The smallest absolute Gasteiger partial charge is 0.269 e. The molecule has 0 saturated carbocycles. The van der Waals surface area contributed by atoms with Gasteiger partial charge in [-0.1, -0.05) is 0 Å². The molecule has 0 aliphatic carbocycles. The van der Waals surface area contributed by atoms with Crippen molar-refractivity contribution in [2.75, 3.05) is 18.9 Å². The Labute approximate surface area is 183 Å². The summed E-state index contributed by atoms with van der Waals surface area (Å²) in [5, 5.41) is 26.6. The molecule has 3 rings (SSSR count). The zero-order valence-electron chi connectivity index (χ0n) is 17.1. The van der Waals surface area contributed by atoms with Crippen LogP contribution in [0.4, 0.5) is 11.5 Å². The summed E-state index contributed by atoms with van der Waals surface area (Å²) < 4.78 is 27.7. The fourth-order valence-corrected chi connectivity index (χ4v) is 3.98. The van der Waals surface area contributed by atoms with Crippen molar-refractivity contribution in [2.45, 2.75) is 11.8 Å². The molecule has 1 aromatic heterocycles. The molecule has 0 aliphatic rings. The van der Waals surface area contributed by atoms with Gasteiger partial charge in [-0.05, 0) is 43.3 Å². The van der Waals surface area contributed by atoms with E-state index in [4.69, 9.17) is 5.26 Å². The molecule has 0 aliphatic heterocycles. The lowest BCUT2D eigenvalue weighted by Crippen LogP contribution is -2.35. The molecule has 0 spiro atoms. The summed E-state index contributed by atoms with van der Waals surface area (Å²) in [6.07, 6.45) is 0. The van der Waals surface area contributed by atoms with Gasteiger partial charge in [-0.25, -0.2) is 13.1 Å². The first-order chi connectivity index (χ1) is 15.1. The van der Waals surface area contributed by atoms with Crippen LogP contribution in [0, 0.1) is 28.4 Å². The van der Waals surface area contributed by atoms with Gasteiger partial charge in [0.1, 0.15) is 5.82 Å². The van der Waals surface area contributed by atoms with E-state index in [0.717, 1.165) is 4.31 Å². The lowest BCUT2D eigenvalue weighted by molar-refractivity contribution is -0.384. The highest BCUT2D eigenvalue weighted by Gasteiger charge is 2.23. The number of nitrogens with zero attached hydrogens (tertiary/aromatic N) is 5. The Morgan fingerprint density at radius 1 is 1.22 bits per heavy atom. The van der Waals surface area contributed by atoms with Crippen LogP contribution in [-0.2, 0) is 14.8 Å². The number of hydrogen-bond donors (Lipinski definition) is 1. The van der Waals surface area contributed by atoms with Crippen LogP contribution in [0.25, 0.3) is 5.69 Å². The number of nitro benzene ring substituents is 1. The number of rotatable bonds is 7. The maximum Gasteiger partial charge on any atom is 0.269 e. The molecule has 0 unspecified atom stereocenters. The van der Waals surface area contributed by atoms with Gasteiger partial charge >= 0.3 is 0 Å². The van der Waals surface area contributed by atoms with Crippen LogP contribution < -0.4 is 5.32 Å². The summed E-state index contributed by atoms with van der Waals surface area (Å²) in [6, 6.07) is 14.5. The van der Waals surface area contributed by atoms with E-state index in [9.17, 15) is 23.3 Å². The monoisotopic (exact) mass is 454 g/mol. The Bertz CT molecular complexity index is 1310. The number of hydrogen-bond acceptors (Lipinski definition) is 7. The second-order valence-electron chi connectivity index (χ2n) is 6.80. The van der Waals surface area contributed by atoms with Crippen molar-refractivity contribution < 1.29 is 18.1 Å². The molecule has 164 valence electrons. The molecule has 11 nitrogen and oxygen atoms in total. The van der Waals surface area contributed by atoms with Gasteiger partial charge in [-0.2, -0.15) is 14.7 Å². The highest BCUT2D eigenvalue weighted by Crippen LogP contribution is 2.20. The first-order valence-corrected chi connectivity index (χ1v) is 10.6. The molecule has 1 N–H and O–H groups in total. The minimum atomic E-state index is -3.94. The summed E-state index contributed by atoms with van der Waals surface area (Å²) in [5.74, 6) is -0.321. The number of aromatic nitrogens is 2. The van der Waals surface area contributed by atoms with E-state index in [0.29, 0.717) is 16.9 Å². The number of aryl methyl sites for hydroxylation is 1. The zero-order chi connectivity index (χ0) is 23.5. The van der Waals surface area contributed by atoms with Crippen LogP contribution in [0.3, 0.4) is 0 Å². The second kappa shape index (κ2) is 8.96. The Morgan fingerprint density at radius 2 is 1.84 bits per heavy atom. The zero-order valence-corrected chi connectivity index (χ0v) is 17.9. The number of non-ortho nitro benzene ring substituents is 1. The number of sulfonamides is 1. The molecular formula is C20H18N6O5S. The normalized spacial score (nSPS) is 11.2. The molecule has 2 aromatic carbocycles. The van der Waals surface area contributed by atoms with Crippen molar-refractivity contribution in [3.63, 3.8) is 0 Å². The average molecular weight is 454 g/mol. The fraction of sp³-hybridized carbons (Fsp3) is 0.150. The van der Waals surface area contributed by atoms with Crippen molar-refractivity contribution in [3.8, 4) is 11.8 Å². The van der Waals surface area contributed by atoms with Crippen LogP contribution in [0.1, 0.15) is 11.3 Å². The van der Waals surface area contributed by atoms with Crippen molar-refractivity contribution in [2.24, 2.45) is 0 Å². The van der Waals surface area contributed by atoms with E-state index >= 15 is 0 Å². The summed E-state index contributed by atoms with van der Waals surface area (Å²) in [6.45, 7) is 1.24. The number of nitrogens with one attached hydrogen (secondary N) is 1. The van der Waals surface area contributed by atoms with Gasteiger partial charge in [0.05, 0.1) is 39.4 Å². The summed E-state index contributed by atoms with van der Waals surface area (Å²) in [4.78, 5) is 22.8. The first kappa shape index (κ1) is 22.6. The maximum atomic E-state index is 12.7. The molecule has 0 saturated heterocycles. The summed E-state index contributed by atoms with van der Waals surface area (Å²) in [7, 11) is -2.67. The lowest BCUT2D eigenvalue weighted by Gasteiger charge is -2.17. The lowest BCUT2D eigenvalue weighted by atomic mass is 10.2. The van der Waals surface area contributed by atoms with Crippen molar-refractivity contribution in [1.82, 2.24) is 14.1 Å². The van der Waals surface area contributed by atoms with Crippen LogP contribution in [0.5, 0.6) is 0 Å². The minimum absolute atomic E-state index is 0.0430. The van der Waals surface area contributed by atoms with Crippen molar-refractivity contribution in [1.29, 1.82) is 5.26 Å². The maximum absolute atomic E-state index is 12.7. The van der Waals surface area contributed by atoms with E-state index in [1.807, 2.05) is 6.07 Å². The Kier molecular flexibility index (Phi) is 6.33. The summed E-state index contributed by atoms with van der Waals surface area (Å²) >= 11 is 0. The van der Waals surface area contributed by atoms with E-state index in [1.54, 1.807) is 13.0 Å². The van der Waals surface area contributed by atoms with E-state index < -0.39 is 27.4 Å². The Balaban J connectivity index is 1.76. The molecule has 1 amide bonds. The standard InChI is InChI=1S/C20H18N6O5S/c1-14-11-19(25(23-14)16-5-7-17(8-6-16)26(28)29)22-20(27)13-24(2)32(30,31)18-9-3-15(12-21)4-10-18/h3-11H,13H2,1-2H3,(H,22,27). The predicted octanol–water partition coefficient (Wildman–Crippen LogP) is 2.22. The largest absolute Gasteiger partial charge is 0.309 e. The quantitative estimate of drug-likeness (QED) is 0.424. The number of amides is 1. The van der Waals surface area contributed by atoms with Gasteiger partial charge in [-0.15, -0.1) is 0 Å². The molecule has 32 heavy (non-hydrogen) atoms. The molecule has 1 heterocycles. The third-order valence-corrected chi connectivity index (χ3v) is 6.28. The fourth-order valence-electron chi connectivity index (χ4n) is 2.85. The number of carbonyl (C=O) groups excluding carboxylic acids is 1. The van der Waals surface area contributed by atoms with Crippen LogP contribution in [0.15, 0.2) is 59.5 Å². The number of nitro groups is 1. The highest BCUT2D eigenvalue weighted by atomic mass is 32.2. The van der Waals surface area contributed by atoms with Gasteiger partial charge < -0.3 is 5.32 Å². The Morgan fingerprint density at radius 3 is 2.41 bits per heavy atom. The number of carbonyl (C=O) groups is 1. The molecule has 3 aromatic rings. The van der Waals surface area contributed by atoms with Gasteiger partial charge in [0, 0.05) is 25.2 Å². The molecule has 12 heteroatoms. The molecule has 0 radical (unpaired) electrons. The van der Waals surface area contributed by atoms with Crippen molar-refractivity contribution in [3.05, 3.63) is 76.0 Å². The second-order valence-corrected chi connectivity index (χ2v) is 8.85. The van der Waals surface area contributed by atoms with Gasteiger partial charge in [0.25, 0.3) is 5.69 Å². The number of nitriles is 1. The van der Waals surface area contributed by atoms with Gasteiger partial charge in [-0.3, -0.25) is 14.9 Å². The topological polar surface area (TPSA) is 151 Å². The number of anilines is 1. The van der Waals surface area contributed by atoms with E-state index in [-0.39, 0.29) is 16.4 Å². The molecule has 0 atom stereocenters. The SMILES string of the molecule is Cc1cc(NC(=O)CN(C)S(=O)(=O)c2ccc(C#N)cc2)n(-c2ccc([N+](=O)[O-])cc2)n1. The van der Waals surface area contributed by atoms with Crippen molar-refractivity contribution >= 4 is 27.4 Å². The summed E-state index contributed by atoms with van der Waals surface area (Å²) in [5.41, 5.74) is 1.30. The van der Waals surface area contributed by atoms with Gasteiger partial charge in [0.2, 0.25) is 15.9 Å². The third kappa shape index (κ3) is 4.80. The van der Waals surface area contributed by atoms with Crippen LogP contribution in [-0.4, -0.2) is 46.9 Å². The van der Waals surface area contributed by atoms with Crippen LogP contribution in [0.2, 0.25) is 0 Å². The van der Waals surface area contributed by atoms with E-state index in [1.165, 1.54) is 60.3 Å². The Hall–Kier alpha value is -4.08. The average Bonchev–Trinajstić information content (AvgIpc) is 3.13. The minimum Gasteiger partial charge on any atom is -0.309 e. The highest BCUT2D eigenvalue weighted by molar-refractivity contribution is 7.89. The van der Waals surface area contributed by atoms with E-state index in [2.05, 4.69) is 10.4 Å². The third-order valence-electron chi connectivity index (χ3n) is 4.46. The first-order valence-electron chi connectivity index (χ1n) is 9.19. The molecule has 0 fully saturated rings. The van der Waals surface area contributed by atoms with Gasteiger partial charge in [0.15, 0.2) is 0 Å². The number of likely N-dealkylation sites (N-methyl/N-ethyl adjacent to an activating group) is 1. The molecule has 0 bridgehead atoms. The number of benzene rings is 2. The van der Waals surface area contributed by atoms with Crippen LogP contribution >= 0.6 is 0 Å². The predicted molar refractivity (Wildman–Crippen MR) is 115 cm³/mol.